The second-order valence-corrected chi connectivity index (χ2v) is 5.79. The Balaban J connectivity index is 2.66. The van der Waals surface area contributed by atoms with E-state index in [4.69, 9.17) is 9.84 Å². The summed E-state index contributed by atoms with van der Waals surface area (Å²) < 4.78 is 5.32. The summed E-state index contributed by atoms with van der Waals surface area (Å²) in [6.07, 6.45) is 0. The van der Waals surface area contributed by atoms with Crippen LogP contribution in [0.25, 0.3) is 0 Å². The first kappa shape index (κ1) is 16.7. The van der Waals surface area contributed by atoms with Crippen molar-refractivity contribution in [3.63, 3.8) is 0 Å². The molecule has 0 unspecified atom stereocenters. The number of likely N-dealkylation sites (N-methyl/N-ethyl adjacent to an activating group) is 1. The van der Waals surface area contributed by atoms with Crippen LogP contribution < -0.4 is 0 Å². The van der Waals surface area contributed by atoms with Crippen LogP contribution >= 0.6 is 0 Å². The van der Waals surface area contributed by atoms with E-state index >= 15 is 0 Å². The van der Waals surface area contributed by atoms with E-state index in [0.29, 0.717) is 12.1 Å². The minimum Gasteiger partial charge on any atom is -0.456 e. The first-order valence-electron chi connectivity index (χ1n) is 7.01. The molecule has 0 heterocycles. The fraction of sp³-hybridized carbons (Fsp3) is 0.562. The van der Waals surface area contributed by atoms with E-state index in [0.717, 1.165) is 18.7 Å². The van der Waals surface area contributed by atoms with E-state index in [1.54, 1.807) is 12.1 Å². The van der Waals surface area contributed by atoms with Gasteiger partial charge in [0.25, 0.3) is 0 Å². The maximum absolute atomic E-state index is 11.9. The molecule has 0 aromatic heterocycles. The molecular weight excluding hydrogens is 254 g/mol. The molecule has 1 aromatic carbocycles. The lowest BCUT2D eigenvalue weighted by Crippen LogP contribution is -2.26. The Hall–Kier alpha value is -1.39. The van der Waals surface area contributed by atoms with Crippen molar-refractivity contribution in [2.75, 3.05) is 19.7 Å². The summed E-state index contributed by atoms with van der Waals surface area (Å²) in [4.78, 5) is 14.0. The molecule has 0 radical (unpaired) electrons. The standard InChI is InChI=1S/C16H25NO3/c1-5-17(10-11-18)12-13-6-8-14(9-7-13)15(19)20-16(2,3)4/h6-9,18H,5,10-12H2,1-4H3. The molecule has 0 amide bonds. The van der Waals surface area contributed by atoms with Gasteiger partial charge in [-0.05, 0) is 45.0 Å². The number of ether oxygens (including phenoxy) is 1. The number of esters is 1. The van der Waals surface area contributed by atoms with E-state index in [2.05, 4.69) is 11.8 Å². The number of carbonyl (C=O) groups excluding carboxylic acids is 1. The highest BCUT2D eigenvalue weighted by molar-refractivity contribution is 5.89. The molecule has 0 atom stereocenters. The lowest BCUT2D eigenvalue weighted by atomic mass is 10.1. The lowest BCUT2D eigenvalue weighted by Gasteiger charge is -2.20. The van der Waals surface area contributed by atoms with Crippen molar-refractivity contribution < 1.29 is 14.6 Å². The molecule has 0 saturated carbocycles. The first-order valence-corrected chi connectivity index (χ1v) is 7.01. The van der Waals surface area contributed by atoms with Crippen LogP contribution in [0.1, 0.15) is 43.6 Å². The largest absolute Gasteiger partial charge is 0.456 e. The Bertz CT molecular complexity index is 420. The molecule has 0 saturated heterocycles. The van der Waals surface area contributed by atoms with E-state index in [-0.39, 0.29) is 12.6 Å². The SMILES string of the molecule is CCN(CCO)Cc1ccc(C(=O)OC(C)(C)C)cc1. The smallest absolute Gasteiger partial charge is 0.338 e. The van der Waals surface area contributed by atoms with Gasteiger partial charge in [0.05, 0.1) is 12.2 Å². The molecular formula is C16H25NO3. The highest BCUT2D eigenvalue weighted by Crippen LogP contribution is 2.13. The third-order valence-corrected chi connectivity index (χ3v) is 2.86. The van der Waals surface area contributed by atoms with Gasteiger partial charge >= 0.3 is 5.97 Å². The van der Waals surface area contributed by atoms with Crippen molar-refractivity contribution in [2.24, 2.45) is 0 Å². The van der Waals surface area contributed by atoms with Gasteiger partial charge in [-0.25, -0.2) is 4.79 Å². The van der Waals surface area contributed by atoms with Crippen LogP contribution in [0, 0.1) is 0 Å². The predicted octanol–water partition coefficient (Wildman–Crippen LogP) is 2.46. The number of hydrogen-bond donors (Lipinski definition) is 1. The monoisotopic (exact) mass is 279 g/mol. The zero-order chi connectivity index (χ0) is 15.2. The third kappa shape index (κ3) is 5.72. The first-order chi connectivity index (χ1) is 9.35. The molecule has 0 bridgehead atoms. The molecule has 1 N–H and O–H groups in total. The van der Waals surface area contributed by atoms with Crippen molar-refractivity contribution in [1.29, 1.82) is 0 Å². The molecule has 0 spiro atoms. The van der Waals surface area contributed by atoms with Crippen molar-refractivity contribution in [3.8, 4) is 0 Å². The number of nitrogens with zero attached hydrogens (tertiary/aromatic N) is 1. The Morgan fingerprint density at radius 2 is 1.85 bits per heavy atom. The molecule has 4 heteroatoms. The minimum absolute atomic E-state index is 0.157. The van der Waals surface area contributed by atoms with Gasteiger partial charge in [0.15, 0.2) is 0 Å². The van der Waals surface area contributed by atoms with E-state index < -0.39 is 5.60 Å². The number of rotatable bonds is 6. The van der Waals surface area contributed by atoms with Crippen LogP contribution in [0.2, 0.25) is 0 Å². The highest BCUT2D eigenvalue weighted by atomic mass is 16.6. The van der Waals surface area contributed by atoms with Crippen LogP contribution in [0.5, 0.6) is 0 Å². The van der Waals surface area contributed by atoms with Gasteiger partial charge in [-0.15, -0.1) is 0 Å². The Morgan fingerprint density at radius 1 is 1.25 bits per heavy atom. The molecule has 112 valence electrons. The number of aliphatic hydroxyl groups excluding tert-OH is 1. The number of carbonyl (C=O) groups is 1. The zero-order valence-corrected chi connectivity index (χ0v) is 12.8. The molecule has 0 aliphatic carbocycles. The number of aliphatic hydroxyl groups is 1. The quantitative estimate of drug-likeness (QED) is 0.813. The molecule has 1 aromatic rings. The summed E-state index contributed by atoms with van der Waals surface area (Å²) in [5.74, 6) is -0.299. The highest BCUT2D eigenvalue weighted by Gasteiger charge is 2.17. The van der Waals surface area contributed by atoms with Crippen LogP contribution in [-0.2, 0) is 11.3 Å². The van der Waals surface area contributed by atoms with Crippen LogP contribution in [-0.4, -0.2) is 41.3 Å². The number of benzene rings is 1. The third-order valence-electron chi connectivity index (χ3n) is 2.86. The Kier molecular flexibility index (Phi) is 6.17. The summed E-state index contributed by atoms with van der Waals surface area (Å²) in [7, 11) is 0. The Labute approximate surface area is 121 Å². The zero-order valence-electron chi connectivity index (χ0n) is 12.8. The van der Waals surface area contributed by atoms with Gasteiger partial charge < -0.3 is 9.84 Å². The predicted molar refractivity (Wildman–Crippen MR) is 79.6 cm³/mol. The number of hydrogen-bond acceptors (Lipinski definition) is 4. The van der Waals surface area contributed by atoms with Gasteiger partial charge in [0.2, 0.25) is 0 Å². The fourth-order valence-corrected chi connectivity index (χ4v) is 1.83. The Morgan fingerprint density at radius 3 is 2.30 bits per heavy atom. The second-order valence-electron chi connectivity index (χ2n) is 5.79. The van der Waals surface area contributed by atoms with Crippen LogP contribution in [0.15, 0.2) is 24.3 Å². The van der Waals surface area contributed by atoms with Gasteiger partial charge in [-0.2, -0.15) is 0 Å². The average molecular weight is 279 g/mol. The lowest BCUT2D eigenvalue weighted by molar-refractivity contribution is 0.00695. The van der Waals surface area contributed by atoms with Crippen molar-refractivity contribution in [3.05, 3.63) is 35.4 Å². The fourth-order valence-electron chi connectivity index (χ4n) is 1.83. The topological polar surface area (TPSA) is 49.8 Å². The molecule has 1 rings (SSSR count). The summed E-state index contributed by atoms with van der Waals surface area (Å²) in [5.41, 5.74) is 1.21. The molecule has 0 aliphatic rings. The normalized spacial score (nSPS) is 11.7. The molecule has 0 fully saturated rings. The summed E-state index contributed by atoms with van der Waals surface area (Å²) in [6, 6.07) is 7.44. The molecule has 4 nitrogen and oxygen atoms in total. The van der Waals surface area contributed by atoms with Crippen LogP contribution in [0.3, 0.4) is 0 Å². The van der Waals surface area contributed by atoms with Crippen molar-refractivity contribution in [1.82, 2.24) is 4.90 Å². The minimum atomic E-state index is -0.476. The van der Waals surface area contributed by atoms with E-state index in [1.165, 1.54) is 0 Å². The maximum atomic E-state index is 11.9. The summed E-state index contributed by atoms with van der Waals surface area (Å²) >= 11 is 0. The molecule has 0 aliphatic heterocycles. The van der Waals surface area contributed by atoms with Crippen LogP contribution in [0.4, 0.5) is 0 Å². The maximum Gasteiger partial charge on any atom is 0.338 e. The van der Waals surface area contributed by atoms with Gasteiger partial charge in [0.1, 0.15) is 5.60 Å². The van der Waals surface area contributed by atoms with Gasteiger partial charge in [-0.3, -0.25) is 4.90 Å². The summed E-state index contributed by atoms with van der Waals surface area (Å²) in [6.45, 7) is 10.1. The average Bonchev–Trinajstić information content (AvgIpc) is 2.37. The van der Waals surface area contributed by atoms with Crippen molar-refractivity contribution >= 4 is 5.97 Å². The van der Waals surface area contributed by atoms with Gasteiger partial charge in [0, 0.05) is 13.1 Å². The van der Waals surface area contributed by atoms with E-state index in [9.17, 15) is 4.79 Å². The second kappa shape index (κ2) is 7.41. The molecule has 20 heavy (non-hydrogen) atoms. The summed E-state index contributed by atoms with van der Waals surface area (Å²) in [5, 5.41) is 8.97. The van der Waals surface area contributed by atoms with Gasteiger partial charge in [-0.1, -0.05) is 19.1 Å². The van der Waals surface area contributed by atoms with Crippen molar-refractivity contribution in [2.45, 2.75) is 39.8 Å². The van der Waals surface area contributed by atoms with E-state index in [1.807, 2.05) is 32.9 Å².